The van der Waals surface area contributed by atoms with Crippen LogP contribution in [0.15, 0.2) is 52.9 Å². The summed E-state index contributed by atoms with van der Waals surface area (Å²) >= 11 is 0. The maximum absolute atomic E-state index is 10.9. The van der Waals surface area contributed by atoms with E-state index in [0.29, 0.717) is 23.7 Å². The fraction of sp³-hybridized carbons (Fsp3) is 0.167. The van der Waals surface area contributed by atoms with Gasteiger partial charge in [0.2, 0.25) is 0 Å². The first kappa shape index (κ1) is 14.2. The van der Waals surface area contributed by atoms with Gasteiger partial charge in [-0.1, -0.05) is 36.4 Å². The molecule has 0 aliphatic carbocycles. The fourth-order valence-corrected chi connectivity index (χ4v) is 2.48. The van der Waals surface area contributed by atoms with Gasteiger partial charge in [0.05, 0.1) is 5.39 Å². The molecule has 3 rings (SSSR count). The summed E-state index contributed by atoms with van der Waals surface area (Å²) in [7, 11) is 0. The molecule has 0 aliphatic heterocycles. The van der Waals surface area contributed by atoms with Gasteiger partial charge < -0.3 is 14.3 Å². The van der Waals surface area contributed by atoms with E-state index < -0.39 is 5.97 Å². The summed E-state index contributed by atoms with van der Waals surface area (Å²) in [6, 6.07) is 15.4. The summed E-state index contributed by atoms with van der Waals surface area (Å²) in [5.74, 6) is 0.270. The lowest BCUT2D eigenvalue weighted by Gasteiger charge is -2.07. The third-order valence-corrected chi connectivity index (χ3v) is 3.56. The van der Waals surface area contributed by atoms with Crippen LogP contribution in [0.2, 0.25) is 0 Å². The molecule has 4 heteroatoms. The predicted molar refractivity (Wildman–Crippen MR) is 83.1 cm³/mol. The molecule has 0 fully saturated rings. The molecule has 4 nitrogen and oxygen atoms in total. The molecule has 1 N–H and O–H groups in total. The SMILES string of the molecule is Cc1c(CC(=O)O)oc2cccc(OCc3ccccc3)c12. The van der Waals surface area contributed by atoms with E-state index in [0.717, 1.165) is 16.5 Å². The molecule has 0 radical (unpaired) electrons. The number of rotatable bonds is 5. The third-order valence-electron chi connectivity index (χ3n) is 3.56. The van der Waals surface area contributed by atoms with Gasteiger partial charge in [0, 0.05) is 5.56 Å². The Labute approximate surface area is 127 Å². The molecule has 0 unspecified atom stereocenters. The third kappa shape index (κ3) is 2.81. The number of benzene rings is 2. The van der Waals surface area contributed by atoms with Crippen LogP contribution in [0.25, 0.3) is 11.0 Å². The second kappa shape index (κ2) is 5.93. The predicted octanol–water partition coefficient (Wildman–Crippen LogP) is 3.95. The van der Waals surface area contributed by atoms with Crippen LogP contribution in [0, 0.1) is 6.92 Å². The van der Waals surface area contributed by atoms with Crippen molar-refractivity contribution in [3.63, 3.8) is 0 Å². The molecule has 2 aromatic carbocycles. The molecular formula is C18H16O4. The van der Waals surface area contributed by atoms with Crippen LogP contribution in [-0.4, -0.2) is 11.1 Å². The lowest BCUT2D eigenvalue weighted by molar-refractivity contribution is -0.136. The molecule has 1 aromatic heterocycles. The minimum atomic E-state index is -0.908. The monoisotopic (exact) mass is 296 g/mol. The van der Waals surface area contributed by atoms with Crippen molar-refractivity contribution in [1.82, 2.24) is 0 Å². The van der Waals surface area contributed by atoms with E-state index in [4.69, 9.17) is 14.3 Å². The topological polar surface area (TPSA) is 59.7 Å². The quantitative estimate of drug-likeness (QED) is 0.774. The van der Waals surface area contributed by atoms with E-state index in [-0.39, 0.29) is 6.42 Å². The standard InChI is InChI=1S/C18H16O4/c1-12-16(10-17(19)20)22-15-9-5-8-14(18(12)15)21-11-13-6-3-2-4-7-13/h2-9H,10-11H2,1H3,(H,19,20). The summed E-state index contributed by atoms with van der Waals surface area (Å²) in [5.41, 5.74) is 2.55. The zero-order chi connectivity index (χ0) is 15.5. The van der Waals surface area contributed by atoms with Crippen molar-refractivity contribution < 1.29 is 19.1 Å². The lowest BCUT2D eigenvalue weighted by Crippen LogP contribution is -2.00. The molecule has 112 valence electrons. The van der Waals surface area contributed by atoms with Crippen molar-refractivity contribution in [1.29, 1.82) is 0 Å². The summed E-state index contributed by atoms with van der Waals surface area (Å²) in [6.45, 7) is 2.32. The Morgan fingerprint density at radius 1 is 1.14 bits per heavy atom. The maximum atomic E-state index is 10.9. The molecule has 0 saturated heterocycles. The Bertz CT molecular complexity index is 803. The summed E-state index contributed by atoms with van der Waals surface area (Å²) < 4.78 is 11.5. The van der Waals surface area contributed by atoms with E-state index in [1.54, 1.807) is 0 Å². The molecule has 0 atom stereocenters. The van der Waals surface area contributed by atoms with Crippen LogP contribution >= 0.6 is 0 Å². The Morgan fingerprint density at radius 2 is 1.91 bits per heavy atom. The van der Waals surface area contributed by atoms with Gasteiger partial charge >= 0.3 is 5.97 Å². The molecule has 22 heavy (non-hydrogen) atoms. The van der Waals surface area contributed by atoms with E-state index in [9.17, 15) is 4.79 Å². The summed E-state index contributed by atoms with van der Waals surface area (Å²) in [4.78, 5) is 10.9. The number of ether oxygens (including phenoxy) is 1. The van der Waals surface area contributed by atoms with Crippen molar-refractivity contribution in [3.8, 4) is 5.75 Å². The van der Waals surface area contributed by atoms with Gasteiger partial charge in [-0.3, -0.25) is 4.79 Å². The zero-order valence-electron chi connectivity index (χ0n) is 12.2. The highest BCUT2D eigenvalue weighted by Gasteiger charge is 2.16. The van der Waals surface area contributed by atoms with Crippen LogP contribution in [-0.2, 0) is 17.8 Å². The van der Waals surface area contributed by atoms with E-state index in [1.165, 1.54) is 0 Å². The second-order valence-corrected chi connectivity index (χ2v) is 5.12. The smallest absolute Gasteiger partial charge is 0.311 e. The average molecular weight is 296 g/mol. The first-order valence-electron chi connectivity index (χ1n) is 7.04. The Morgan fingerprint density at radius 3 is 2.64 bits per heavy atom. The highest BCUT2D eigenvalue weighted by molar-refractivity contribution is 5.89. The van der Waals surface area contributed by atoms with Gasteiger partial charge in [-0.25, -0.2) is 0 Å². The fourth-order valence-electron chi connectivity index (χ4n) is 2.48. The zero-order valence-corrected chi connectivity index (χ0v) is 12.2. The largest absolute Gasteiger partial charge is 0.488 e. The number of carboxylic acid groups (broad SMARTS) is 1. The molecule has 0 aliphatic rings. The van der Waals surface area contributed by atoms with Crippen molar-refractivity contribution >= 4 is 16.9 Å². The average Bonchev–Trinajstić information content (AvgIpc) is 2.82. The summed E-state index contributed by atoms with van der Waals surface area (Å²) in [5, 5.41) is 9.79. The molecule has 3 aromatic rings. The molecular weight excluding hydrogens is 280 g/mol. The number of carbonyl (C=O) groups is 1. The van der Waals surface area contributed by atoms with Gasteiger partial charge in [-0.05, 0) is 24.6 Å². The van der Waals surface area contributed by atoms with Crippen LogP contribution in [0.5, 0.6) is 5.75 Å². The number of carboxylic acids is 1. The number of hydrogen-bond acceptors (Lipinski definition) is 3. The Kier molecular flexibility index (Phi) is 3.83. The maximum Gasteiger partial charge on any atom is 0.311 e. The number of hydrogen-bond donors (Lipinski definition) is 1. The van der Waals surface area contributed by atoms with Crippen molar-refractivity contribution in [2.24, 2.45) is 0 Å². The van der Waals surface area contributed by atoms with Gasteiger partial charge in [0.1, 0.15) is 30.1 Å². The van der Waals surface area contributed by atoms with Crippen molar-refractivity contribution in [3.05, 3.63) is 65.4 Å². The van der Waals surface area contributed by atoms with Gasteiger partial charge in [0.25, 0.3) is 0 Å². The van der Waals surface area contributed by atoms with Crippen LogP contribution in [0.3, 0.4) is 0 Å². The van der Waals surface area contributed by atoms with Crippen LogP contribution in [0.1, 0.15) is 16.9 Å². The normalized spacial score (nSPS) is 10.8. The highest BCUT2D eigenvalue weighted by atomic mass is 16.5. The first-order chi connectivity index (χ1) is 10.6. The minimum Gasteiger partial charge on any atom is -0.488 e. The summed E-state index contributed by atoms with van der Waals surface area (Å²) in [6.07, 6.45) is -0.126. The minimum absolute atomic E-state index is 0.126. The van der Waals surface area contributed by atoms with Gasteiger partial charge in [0.15, 0.2) is 0 Å². The molecule has 1 heterocycles. The Hall–Kier alpha value is -2.75. The molecule has 0 saturated carbocycles. The highest BCUT2D eigenvalue weighted by Crippen LogP contribution is 2.33. The molecule has 0 spiro atoms. The van der Waals surface area contributed by atoms with Crippen LogP contribution < -0.4 is 4.74 Å². The number of aliphatic carboxylic acids is 1. The molecule has 0 amide bonds. The van der Waals surface area contributed by atoms with E-state index >= 15 is 0 Å². The van der Waals surface area contributed by atoms with Crippen molar-refractivity contribution in [2.75, 3.05) is 0 Å². The molecule has 0 bridgehead atoms. The van der Waals surface area contributed by atoms with E-state index in [1.807, 2.05) is 55.5 Å². The number of fused-ring (bicyclic) bond motifs is 1. The first-order valence-corrected chi connectivity index (χ1v) is 7.04. The number of aryl methyl sites for hydroxylation is 1. The van der Waals surface area contributed by atoms with Crippen LogP contribution in [0.4, 0.5) is 0 Å². The van der Waals surface area contributed by atoms with E-state index in [2.05, 4.69) is 0 Å². The van der Waals surface area contributed by atoms with Gasteiger partial charge in [-0.2, -0.15) is 0 Å². The van der Waals surface area contributed by atoms with Crippen molar-refractivity contribution in [2.45, 2.75) is 20.0 Å². The lowest BCUT2D eigenvalue weighted by atomic mass is 10.1. The Balaban J connectivity index is 1.92. The van der Waals surface area contributed by atoms with Gasteiger partial charge in [-0.15, -0.1) is 0 Å². The number of furan rings is 1. The second-order valence-electron chi connectivity index (χ2n) is 5.12.